The highest BCUT2D eigenvalue weighted by molar-refractivity contribution is 5.81. The molecule has 0 bridgehead atoms. The maximum atomic E-state index is 11.5. The maximum absolute atomic E-state index is 11.5. The van der Waals surface area contributed by atoms with Crippen LogP contribution in [0.3, 0.4) is 0 Å². The molecule has 0 saturated heterocycles. The molecular weight excluding hydrogens is 200 g/mol. The molecule has 0 aliphatic carbocycles. The van der Waals surface area contributed by atoms with Gasteiger partial charge >= 0.3 is 5.97 Å². The van der Waals surface area contributed by atoms with Gasteiger partial charge in [-0.1, -0.05) is 37.3 Å². The normalized spacial score (nSPS) is 13.8. The van der Waals surface area contributed by atoms with Crippen LogP contribution in [0.1, 0.15) is 31.7 Å². The van der Waals surface area contributed by atoms with Crippen molar-refractivity contribution in [3.8, 4) is 12.3 Å². The molecule has 0 aliphatic heterocycles. The topological polar surface area (TPSA) is 37.3 Å². The molecular formula is C14H16O2. The number of carboxylic acid groups (broad SMARTS) is 1. The molecule has 0 spiro atoms. The number of rotatable bonds is 5. The highest BCUT2D eigenvalue weighted by Crippen LogP contribution is 2.33. The van der Waals surface area contributed by atoms with Gasteiger partial charge in [0.25, 0.3) is 0 Å². The smallest absolute Gasteiger partial charge is 0.314 e. The van der Waals surface area contributed by atoms with E-state index in [1.54, 1.807) is 0 Å². The Bertz CT molecular complexity index is 389. The molecule has 1 aromatic rings. The lowest BCUT2D eigenvalue weighted by atomic mass is 9.74. The van der Waals surface area contributed by atoms with Crippen LogP contribution in [-0.2, 0) is 10.2 Å². The van der Waals surface area contributed by atoms with E-state index < -0.39 is 11.4 Å². The summed E-state index contributed by atoms with van der Waals surface area (Å²) >= 11 is 0. The van der Waals surface area contributed by atoms with Crippen molar-refractivity contribution in [3.63, 3.8) is 0 Å². The van der Waals surface area contributed by atoms with E-state index in [1.165, 1.54) is 0 Å². The molecule has 0 heterocycles. The van der Waals surface area contributed by atoms with E-state index >= 15 is 0 Å². The van der Waals surface area contributed by atoms with Crippen LogP contribution in [0.15, 0.2) is 30.3 Å². The van der Waals surface area contributed by atoms with Crippen LogP contribution in [-0.4, -0.2) is 11.1 Å². The highest BCUT2D eigenvalue weighted by Gasteiger charge is 2.37. The first kappa shape index (κ1) is 12.3. The summed E-state index contributed by atoms with van der Waals surface area (Å²) in [6, 6.07) is 9.31. The third kappa shape index (κ3) is 2.25. The quantitative estimate of drug-likeness (QED) is 0.768. The average Bonchev–Trinajstić information content (AvgIpc) is 2.31. The van der Waals surface area contributed by atoms with E-state index in [9.17, 15) is 9.90 Å². The Morgan fingerprint density at radius 3 is 2.50 bits per heavy atom. The Kier molecular flexibility index (Phi) is 4.13. The fourth-order valence-electron chi connectivity index (χ4n) is 1.95. The Labute approximate surface area is 96.3 Å². The van der Waals surface area contributed by atoms with Crippen molar-refractivity contribution in [2.45, 2.75) is 31.6 Å². The van der Waals surface area contributed by atoms with Crippen molar-refractivity contribution in [2.75, 3.05) is 0 Å². The van der Waals surface area contributed by atoms with E-state index in [-0.39, 0.29) is 0 Å². The van der Waals surface area contributed by atoms with Crippen molar-refractivity contribution in [3.05, 3.63) is 35.9 Å². The van der Waals surface area contributed by atoms with Gasteiger partial charge in [0.1, 0.15) is 0 Å². The van der Waals surface area contributed by atoms with Crippen LogP contribution in [0.5, 0.6) is 0 Å². The zero-order valence-corrected chi connectivity index (χ0v) is 9.44. The molecule has 0 amide bonds. The van der Waals surface area contributed by atoms with Crippen LogP contribution < -0.4 is 0 Å². The predicted octanol–water partition coefficient (Wildman–Crippen LogP) is 2.83. The number of hydrogen-bond donors (Lipinski definition) is 1. The summed E-state index contributed by atoms with van der Waals surface area (Å²) in [5.74, 6) is 1.72. The lowest BCUT2D eigenvalue weighted by molar-refractivity contribution is -0.144. The molecule has 0 saturated carbocycles. The van der Waals surface area contributed by atoms with Gasteiger partial charge in [0.05, 0.1) is 5.41 Å². The van der Waals surface area contributed by atoms with Crippen LogP contribution in [0.4, 0.5) is 0 Å². The van der Waals surface area contributed by atoms with Crippen LogP contribution in [0.2, 0.25) is 0 Å². The van der Waals surface area contributed by atoms with Gasteiger partial charge in [0, 0.05) is 6.42 Å². The largest absolute Gasteiger partial charge is 0.481 e. The fraction of sp³-hybridized carbons (Fsp3) is 0.357. The zero-order valence-electron chi connectivity index (χ0n) is 9.44. The lowest BCUT2D eigenvalue weighted by Gasteiger charge is -2.28. The van der Waals surface area contributed by atoms with E-state index in [0.29, 0.717) is 19.3 Å². The standard InChI is InChI=1S/C14H16O2/c1-3-5-11-14(4-2,13(15)16)12-9-7-6-8-10-12/h1,6-10H,4-5,11H2,2H3,(H,15,16). The summed E-state index contributed by atoms with van der Waals surface area (Å²) in [5, 5.41) is 9.44. The number of aliphatic carboxylic acids is 1. The second-order valence-electron chi connectivity index (χ2n) is 3.81. The molecule has 84 valence electrons. The minimum absolute atomic E-state index is 0.481. The SMILES string of the molecule is C#CCCC(CC)(C(=O)O)c1ccccc1. The number of carboxylic acids is 1. The molecule has 1 N–H and O–H groups in total. The summed E-state index contributed by atoms with van der Waals surface area (Å²) in [4.78, 5) is 11.5. The van der Waals surface area contributed by atoms with Crippen molar-refractivity contribution in [1.82, 2.24) is 0 Å². The van der Waals surface area contributed by atoms with Crippen molar-refractivity contribution in [1.29, 1.82) is 0 Å². The van der Waals surface area contributed by atoms with Gasteiger partial charge in [-0.3, -0.25) is 4.79 Å². The monoisotopic (exact) mass is 216 g/mol. The first-order valence-corrected chi connectivity index (χ1v) is 5.39. The summed E-state index contributed by atoms with van der Waals surface area (Å²) in [5.41, 5.74) is -0.00609. The number of benzene rings is 1. The minimum Gasteiger partial charge on any atom is -0.481 e. The Morgan fingerprint density at radius 2 is 2.06 bits per heavy atom. The highest BCUT2D eigenvalue weighted by atomic mass is 16.4. The molecule has 1 unspecified atom stereocenters. The average molecular weight is 216 g/mol. The van der Waals surface area contributed by atoms with Gasteiger partial charge in [-0.2, -0.15) is 0 Å². The molecule has 2 nitrogen and oxygen atoms in total. The molecule has 0 fully saturated rings. The van der Waals surface area contributed by atoms with Crippen LogP contribution in [0.25, 0.3) is 0 Å². The van der Waals surface area contributed by atoms with E-state index in [4.69, 9.17) is 6.42 Å². The Balaban J connectivity index is 3.13. The van der Waals surface area contributed by atoms with Gasteiger partial charge in [0.15, 0.2) is 0 Å². The number of carbonyl (C=O) groups is 1. The van der Waals surface area contributed by atoms with Crippen molar-refractivity contribution in [2.24, 2.45) is 0 Å². The molecule has 1 aromatic carbocycles. The molecule has 0 aromatic heterocycles. The molecule has 2 heteroatoms. The Hall–Kier alpha value is -1.75. The van der Waals surface area contributed by atoms with E-state index in [1.807, 2.05) is 37.3 Å². The minimum atomic E-state index is -0.840. The molecule has 0 aliphatic rings. The maximum Gasteiger partial charge on any atom is 0.314 e. The number of terminal acetylenes is 1. The molecule has 0 radical (unpaired) electrons. The molecule has 1 rings (SSSR count). The van der Waals surface area contributed by atoms with Crippen LogP contribution in [0, 0.1) is 12.3 Å². The van der Waals surface area contributed by atoms with E-state index in [0.717, 1.165) is 5.56 Å². The zero-order chi connectivity index (χ0) is 12.0. The number of hydrogen-bond acceptors (Lipinski definition) is 1. The Morgan fingerprint density at radius 1 is 1.44 bits per heavy atom. The van der Waals surface area contributed by atoms with Crippen molar-refractivity contribution < 1.29 is 9.90 Å². The second-order valence-corrected chi connectivity index (χ2v) is 3.81. The summed E-state index contributed by atoms with van der Waals surface area (Å²) in [6.45, 7) is 1.89. The summed E-state index contributed by atoms with van der Waals surface area (Å²) in [7, 11) is 0. The third-order valence-corrected chi connectivity index (χ3v) is 3.04. The lowest BCUT2D eigenvalue weighted by Crippen LogP contribution is -2.35. The van der Waals surface area contributed by atoms with Crippen molar-refractivity contribution >= 4 is 5.97 Å². The second kappa shape index (κ2) is 5.37. The van der Waals surface area contributed by atoms with Gasteiger partial charge in [-0.05, 0) is 18.4 Å². The first-order chi connectivity index (χ1) is 7.67. The summed E-state index contributed by atoms with van der Waals surface area (Å²) in [6.07, 6.45) is 6.74. The van der Waals surface area contributed by atoms with E-state index in [2.05, 4.69) is 5.92 Å². The first-order valence-electron chi connectivity index (χ1n) is 5.39. The van der Waals surface area contributed by atoms with Gasteiger partial charge in [-0.25, -0.2) is 0 Å². The fourth-order valence-corrected chi connectivity index (χ4v) is 1.95. The molecule has 1 atom stereocenters. The van der Waals surface area contributed by atoms with Gasteiger partial charge in [-0.15, -0.1) is 12.3 Å². The molecule has 16 heavy (non-hydrogen) atoms. The summed E-state index contributed by atoms with van der Waals surface area (Å²) < 4.78 is 0. The van der Waals surface area contributed by atoms with Gasteiger partial charge < -0.3 is 5.11 Å². The van der Waals surface area contributed by atoms with Crippen LogP contribution >= 0.6 is 0 Å². The predicted molar refractivity (Wildman–Crippen MR) is 64.1 cm³/mol. The van der Waals surface area contributed by atoms with Gasteiger partial charge in [0.2, 0.25) is 0 Å². The third-order valence-electron chi connectivity index (χ3n) is 3.04.